The number of fused-ring (bicyclic) bond motifs is 1. The predicted octanol–water partition coefficient (Wildman–Crippen LogP) is 6.77. The fourth-order valence-corrected chi connectivity index (χ4v) is 5.01. The van der Waals surface area contributed by atoms with Crippen molar-refractivity contribution in [3.8, 4) is 11.5 Å². The molecular weight excluding hydrogens is 528 g/mol. The first-order valence-electron chi connectivity index (χ1n) is 13.9. The van der Waals surface area contributed by atoms with Crippen LogP contribution in [0.15, 0.2) is 97.1 Å². The molecule has 0 spiro atoms. The Balaban J connectivity index is 1.50. The summed E-state index contributed by atoms with van der Waals surface area (Å²) in [5.41, 5.74) is 3.67. The number of imide groups is 2. The Kier molecular flexibility index (Phi) is 8.48. The molecule has 4 amide bonds. The number of allylic oxidation sites excluding steroid dienone is 1. The minimum Gasteiger partial charge on any atom is -0.490 e. The number of rotatable bonds is 10. The number of urea groups is 1. The Bertz CT molecular complexity index is 1700. The monoisotopic (exact) mass is 560 g/mol. The van der Waals surface area contributed by atoms with Gasteiger partial charge in [-0.2, -0.15) is 0 Å². The van der Waals surface area contributed by atoms with Crippen molar-refractivity contribution in [1.29, 1.82) is 0 Å². The van der Waals surface area contributed by atoms with Crippen molar-refractivity contribution in [2.45, 2.75) is 33.3 Å². The van der Waals surface area contributed by atoms with Crippen molar-refractivity contribution < 1.29 is 23.9 Å². The highest BCUT2D eigenvalue weighted by molar-refractivity contribution is 6.39. The van der Waals surface area contributed by atoms with E-state index in [1.165, 1.54) is 6.08 Å². The van der Waals surface area contributed by atoms with Gasteiger partial charge in [-0.3, -0.25) is 14.9 Å². The smallest absolute Gasteiger partial charge is 0.335 e. The fraction of sp³-hybridized carbons (Fsp3) is 0.171. The van der Waals surface area contributed by atoms with Crippen LogP contribution in [-0.2, 0) is 29.0 Å². The number of carbonyl (C=O) groups excluding carboxylic acids is 3. The molecule has 1 N–H and O–H groups in total. The Morgan fingerprint density at radius 3 is 2.38 bits per heavy atom. The zero-order valence-corrected chi connectivity index (χ0v) is 23.7. The first-order chi connectivity index (χ1) is 20.4. The third-order valence-corrected chi connectivity index (χ3v) is 7.09. The summed E-state index contributed by atoms with van der Waals surface area (Å²) in [6, 6.07) is 24.1. The summed E-state index contributed by atoms with van der Waals surface area (Å²) < 4.78 is 12.3. The summed E-state index contributed by atoms with van der Waals surface area (Å²) in [6.07, 6.45) is 4.52. The molecule has 4 aromatic carbocycles. The number of barbiturate groups is 1. The molecule has 0 radical (unpaired) electrons. The highest BCUT2D eigenvalue weighted by Crippen LogP contribution is 2.36. The van der Waals surface area contributed by atoms with Crippen LogP contribution in [0, 0.1) is 0 Å². The molecular formula is C35H32N2O5. The second-order valence-electron chi connectivity index (χ2n) is 9.84. The van der Waals surface area contributed by atoms with E-state index in [0.29, 0.717) is 42.4 Å². The fourth-order valence-electron chi connectivity index (χ4n) is 5.01. The van der Waals surface area contributed by atoms with Crippen molar-refractivity contribution in [2.75, 3.05) is 11.5 Å². The Morgan fingerprint density at radius 1 is 0.881 bits per heavy atom. The second kappa shape index (κ2) is 12.6. The van der Waals surface area contributed by atoms with E-state index in [2.05, 4.69) is 30.1 Å². The molecule has 1 aliphatic rings. The summed E-state index contributed by atoms with van der Waals surface area (Å²) in [6.45, 7) is 8.49. The van der Waals surface area contributed by atoms with Gasteiger partial charge in [0.2, 0.25) is 0 Å². The van der Waals surface area contributed by atoms with Crippen LogP contribution in [0.3, 0.4) is 0 Å². The maximum Gasteiger partial charge on any atom is 0.335 e. The molecule has 0 aliphatic carbocycles. The van der Waals surface area contributed by atoms with Crippen molar-refractivity contribution >= 4 is 40.4 Å². The zero-order valence-electron chi connectivity index (χ0n) is 23.7. The van der Waals surface area contributed by atoms with Crippen molar-refractivity contribution in [3.05, 3.63) is 119 Å². The number of hydrogen-bond acceptors (Lipinski definition) is 5. The summed E-state index contributed by atoms with van der Waals surface area (Å²) in [5.74, 6) is -0.409. The lowest BCUT2D eigenvalue weighted by molar-refractivity contribution is -0.122. The molecule has 1 saturated heterocycles. The van der Waals surface area contributed by atoms with E-state index in [1.807, 2.05) is 56.3 Å². The van der Waals surface area contributed by atoms with E-state index in [9.17, 15) is 14.4 Å². The first kappa shape index (κ1) is 28.4. The van der Waals surface area contributed by atoms with Crippen LogP contribution in [0.1, 0.15) is 36.1 Å². The molecule has 0 unspecified atom stereocenters. The Hall–Kier alpha value is -5.17. The lowest BCUT2D eigenvalue weighted by Gasteiger charge is -2.26. The summed E-state index contributed by atoms with van der Waals surface area (Å²) >= 11 is 0. The lowest BCUT2D eigenvalue weighted by Crippen LogP contribution is -2.54. The van der Waals surface area contributed by atoms with Gasteiger partial charge in [-0.15, -0.1) is 6.58 Å². The molecule has 4 aromatic rings. The number of nitrogens with one attached hydrogen (secondary N) is 1. The van der Waals surface area contributed by atoms with Gasteiger partial charge >= 0.3 is 6.03 Å². The van der Waals surface area contributed by atoms with E-state index in [4.69, 9.17) is 9.47 Å². The third-order valence-electron chi connectivity index (χ3n) is 7.09. The molecule has 212 valence electrons. The maximum absolute atomic E-state index is 13.5. The molecule has 7 nitrogen and oxygen atoms in total. The van der Waals surface area contributed by atoms with E-state index in [1.54, 1.807) is 24.3 Å². The van der Waals surface area contributed by atoms with Gasteiger partial charge in [0, 0.05) is 5.56 Å². The molecule has 0 bridgehead atoms. The van der Waals surface area contributed by atoms with E-state index in [-0.39, 0.29) is 5.57 Å². The molecule has 1 aliphatic heterocycles. The number of nitrogens with zero attached hydrogens (tertiary/aromatic N) is 1. The van der Waals surface area contributed by atoms with Crippen molar-refractivity contribution in [1.82, 2.24) is 5.32 Å². The maximum atomic E-state index is 13.5. The van der Waals surface area contributed by atoms with Gasteiger partial charge in [0.25, 0.3) is 11.8 Å². The average molecular weight is 561 g/mol. The van der Waals surface area contributed by atoms with Crippen LogP contribution < -0.4 is 19.7 Å². The normalized spacial score (nSPS) is 14.3. The van der Waals surface area contributed by atoms with E-state index < -0.39 is 17.8 Å². The Labute approximate surface area is 245 Å². The molecule has 7 heteroatoms. The van der Waals surface area contributed by atoms with Gasteiger partial charge in [-0.05, 0) is 77.6 Å². The SMILES string of the molecule is C=CCc1cc(/C=C2/C(=O)NC(=O)N(c3ccc(CC)cc3)C2=O)cc(OCC)c1OCc1cccc2ccccc12. The molecule has 0 atom stereocenters. The first-order valence-corrected chi connectivity index (χ1v) is 13.9. The zero-order chi connectivity index (χ0) is 29.6. The van der Waals surface area contributed by atoms with Gasteiger partial charge in [0.05, 0.1) is 12.3 Å². The largest absolute Gasteiger partial charge is 0.490 e. The van der Waals surface area contributed by atoms with Gasteiger partial charge in [-0.1, -0.05) is 67.6 Å². The summed E-state index contributed by atoms with van der Waals surface area (Å²) in [4.78, 5) is 39.9. The topological polar surface area (TPSA) is 84.9 Å². The van der Waals surface area contributed by atoms with E-state index in [0.717, 1.165) is 38.8 Å². The van der Waals surface area contributed by atoms with Gasteiger partial charge in [0.15, 0.2) is 11.5 Å². The highest BCUT2D eigenvalue weighted by atomic mass is 16.5. The molecule has 1 heterocycles. The van der Waals surface area contributed by atoms with E-state index >= 15 is 0 Å². The number of carbonyl (C=O) groups is 3. The number of ether oxygens (including phenoxy) is 2. The molecule has 0 saturated carbocycles. The van der Waals surface area contributed by atoms with Crippen molar-refractivity contribution in [3.63, 3.8) is 0 Å². The van der Waals surface area contributed by atoms with Crippen LogP contribution in [-0.4, -0.2) is 24.5 Å². The standard InChI is InChI=1S/C35H32N2O5/c1-4-10-26-19-24(20-30-33(38)36-35(40)37(34(30)39)28-17-15-23(5-2)16-18-28)21-31(41-6-3)32(26)42-22-27-13-9-12-25-11-7-8-14-29(25)27/h4,7-9,11-21H,1,5-6,10,22H2,2-3H3,(H,36,38,40)/b30-20-. The van der Waals surface area contributed by atoms with Crippen molar-refractivity contribution in [2.24, 2.45) is 0 Å². The number of amides is 4. The molecule has 5 rings (SSSR count). The number of hydrogen-bond donors (Lipinski definition) is 1. The number of aryl methyl sites for hydroxylation is 1. The van der Waals surface area contributed by atoms with Crippen LogP contribution >= 0.6 is 0 Å². The van der Waals surface area contributed by atoms with Crippen LogP contribution in [0.25, 0.3) is 16.8 Å². The third kappa shape index (κ3) is 5.81. The predicted molar refractivity (Wildman–Crippen MR) is 165 cm³/mol. The molecule has 1 fully saturated rings. The van der Waals surface area contributed by atoms with Crippen LogP contribution in [0.2, 0.25) is 0 Å². The summed E-state index contributed by atoms with van der Waals surface area (Å²) in [7, 11) is 0. The average Bonchev–Trinajstić information content (AvgIpc) is 2.99. The minimum absolute atomic E-state index is 0.161. The second-order valence-corrected chi connectivity index (χ2v) is 9.84. The van der Waals surface area contributed by atoms with Gasteiger partial charge < -0.3 is 9.47 Å². The van der Waals surface area contributed by atoms with Gasteiger partial charge in [0.1, 0.15) is 12.2 Å². The number of anilines is 1. The van der Waals surface area contributed by atoms with Gasteiger partial charge in [-0.25, -0.2) is 9.69 Å². The number of benzene rings is 4. The summed E-state index contributed by atoms with van der Waals surface area (Å²) in [5, 5.41) is 4.52. The Morgan fingerprint density at radius 2 is 1.64 bits per heavy atom. The quantitative estimate of drug-likeness (QED) is 0.131. The lowest BCUT2D eigenvalue weighted by atomic mass is 10.0. The molecule has 0 aromatic heterocycles. The van der Waals surface area contributed by atoms with Crippen LogP contribution in [0.5, 0.6) is 11.5 Å². The highest BCUT2D eigenvalue weighted by Gasteiger charge is 2.37. The van der Waals surface area contributed by atoms with Crippen LogP contribution in [0.4, 0.5) is 10.5 Å². The molecule has 42 heavy (non-hydrogen) atoms. The minimum atomic E-state index is -0.786.